The molecule has 0 aromatic rings. The quantitative estimate of drug-likeness (QED) is 0.679. The molecule has 1 aliphatic rings. The molecule has 1 saturated carbocycles. The van der Waals surface area contributed by atoms with E-state index >= 15 is 0 Å². The van der Waals surface area contributed by atoms with Crippen molar-refractivity contribution in [3.8, 4) is 0 Å². The summed E-state index contributed by atoms with van der Waals surface area (Å²) in [6, 6.07) is 0. The molecule has 0 aliphatic heterocycles. The number of carbonyl (C=O) groups is 1. The fourth-order valence-electron chi connectivity index (χ4n) is 1.99. The van der Waals surface area contributed by atoms with Gasteiger partial charge in [0, 0.05) is 5.92 Å². The Morgan fingerprint density at radius 3 is 2.36 bits per heavy atom. The highest BCUT2D eigenvalue weighted by Gasteiger charge is 2.25. The predicted octanol–water partition coefficient (Wildman–Crippen LogP) is 2.95. The lowest BCUT2D eigenvalue weighted by Gasteiger charge is -2.21. The molecule has 2 heteroatoms. The highest BCUT2D eigenvalue weighted by Crippen LogP contribution is 2.23. The fraction of sp³-hybridized carbons (Fsp3) is 0.917. The minimum Gasteiger partial charge on any atom is -0.367 e. The molecule has 1 fully saturated rings. The van der Waals surface area contributed by atoms with Crippen LogP contribution in [0.3, 0.4) is 0 Å². The van der Waals surface area contributed by atoms with Crippen LogP contribution in [0.4, 0.5) is 0 Å². The Labute approximate surface area is 87.0 Å². The molecule has 1 atom stereocenters. The maximum absolute atomic E-state index is 11.7. The van der Waals surface area contributed by atoms with E-state index in [1.54, 1.807) is 0 Å². The van der Waals surface area contributed by atoms with Crippen molar-refractivity contribution in [3.05, 3.63) is 0 Å². The molecule has 0 radical (unpaired) electrons. The minimum atomic E-state index is -0.155. The second-order valence-corrected chi connectivity index (χ2v) is 4.50. The van der Waals surface area contributed by atoms with Gasteiger partial charge in [0.05, 0.1) is 6.10 Å². The molecule has 1 aliphatic carbocycles. The van der Waals surface area contributed by atoms with Gasteiger partial charge in [0.2, 0.25) is 0 Å². The fourth-order valence-corrected chi connectivity index (χ4v) is 1.99. The van der Waals surface area contributed by atoms with E-state index < -0.39 is 0 Å². The molecular formula is C12H22O2. The van der Waals surface area contributed by atoms with E-state index in [2.05, 4.69) is 0 Å². The van der Waals surface area contributed by atoms with E-state index in [4.69, 9.17) is 4.74 Å². The van der Waals surface area contributed by atoms with Crippen LogP contribution in [-0.4, -0.2) is 18.0 Å². The predicted molar refractivity (Wildman–Crippen MR) is 57.3 cm³/mol. The lowest BCUT2D eigenvalue weighted by molar-refractivity contribution is -0.137. The molecular weight excluding hydrogens is 176 g/mol. The smallest absolute Gasteiger partial charge is 0.164 e. The second-order valence-electron chi connectivity index (χ2n) is 4.50. The van der Waals surface area contributed by atoms with Crippen LogP contribution in [0.5, 0.6) is 0 Å². The lowest BCUT2D eigenvalue weighted by Crippen LogP contribution is -2.30. The van der Waals surface area contributed by atoms with Crippen LogP contribution < -0.4 is 0 Å². The SMILES string of the molecule is CC[C@@H](OC1CCCC1)C(=O)C(C)C. The summed E-state index contributed by atoms with van der Waals surface area (Å²) in [6.45, 7) is 5.92. The Hall–Kier alpha value is -0.370. The van der Waals surface area contributed by atoms with Crippen molar-refractivity contribution >= 4 is 5.78 Å². The van der Waals surface area contributed by atoms with E-state index in [1.165, 1.54) is 12.8 Å². The number of carbonyl (C=O) groups excluding carboxylic acids is 1. The van der Waals surface area contributed by atoms with E-state index in [9.17, 15) is 4.79 Å². The third-order valence-electron chi connectivity index (χ3n) is 2.92. The number of ether oxygens (including phenoxy) is 1. The van der Waals surface area contributed by atoms with E-state index in [1.807, 2.05) is 20.8 Å². The van der Waals surface area contributed by atoms with Crippen molar-refractivity contribution in [3.63, 3.8) is 0 Å². The number of Topliss-reactive ketones (excluding diaryl/α,β-unsaturated/α-hetero) is 1. The van der Waals surface area contributed by atoms with Gasteiger partial charge in [0.15, 0.2) is 5.78 Å². The minimum absolute atomic E-state index is 0.0985. The Bertz CT molecular complexity index is 181. The third-order valence-corrected chi connectivity index (χ3v) is 2.92. The van der Waals surface area contributed by atoms with Gasteiger partial charge in [-0.1, -0.05) is 33.6 Å². The van der Waals surface area contributed by atoms with Gasteiger partial charge < -0.3 is 4.74 Å². The first-order valence-electron chi connectivity index (χ1n) is 5.84. The Kier molecular flexibility index (Phi) is 4.59. The van der Waals surface area contributed by atoms with Crippen LogP contribution in [0.2, 0.25) is 0 Å². The van der Waals surface area contributed by atoms with Crippen LogP contribution in [0, 0.1) is 5.92 Å². The Balaban J connectivity index is 2.41. The summed E-state index contributed by atoms with van der Waals surface area (Å²) in [5.74, 6) is 0.362. The van der Waals surface area contributed by atoms with Crippen molar-refractivity contribution in [2.75, 3.05) is 0 Å². The highest BCUT2D eigenvalue weighted by atomic mass is 16.5. The van der Waals surface area contributed by atoms with Gasteiger partial charge in [-0.25, -0.2) is 0 Å². The van der Waals surface area contributed by atoms with Crippen LogP contribution in [0.1, 0.15) is 52.9 Å². The molecule has 0 aromatic heterocycles. The highest BCUT2D eigenvalue weighted by molar-refractivity contribution is 5.84. The molecule has 0 aromatic carbocycles. The first kappa shape index (κ1) is 11.7. The van der Waals surface area contributed by atoms with Gasteiger partial charge in [0.1, 0.15) is 6.10 Å². The van der Waals surface area contributed by atoms with Crippen LogP contribution in [0.25, 0.3) is 0 Å². The first-order valence-corrected chi connectivity index (χ1v) is 5.84. The number of hydrogen-bond acceptors (Lipinski definition) is 2. The largest absolute Gasteiger partial charge is 0.367 e. The second kappa shape index (κ2) is 5.50. The molecule has 0 N–H and O–H groups in total. The van der Waals surface area contributed by atoms with E-state index in [0.29, 0.717) is 6.10 Å². The molecule has 14 heavy (non-hydrogen) atoms. The number of rotatable bonds is 5. The average Bonchev–Trinajstić information content (AvgIpc) is 2.65. The monoisotopic (exact) mass is 198 g/mol. The summed E-state index contributed by atoms with van der Waals surface area (Å²) in [4.78, 5) is 11.7. The average molecular weight is 198 g/mol. The summed E-state index contributed by atoms with van der Waals surface area (Å²) in [7, 11) is 0. The zero-order chi connectivity index (χ0) is 10.6. The summed E-state index contributed by atoms with van der Waals surface area (Å²) in [5, 5.41) is 0. The molecule has 0 heterocycles. The summed E-state index contributed by atoms with van der Waals surface area (Å²) in [5.41, 5.74) is 0. The lowest BCUT2D eigenvalue weighted by atomic mass is 10.0. The molecule has 1 rings (SSSR count). The topological polar surface area (TPSA) is 26.3 Å². The van der Waals surface area contributed by atoms with E-state index in [0.717, 1.165) is 19.3 Å². The van der Waals surface area contributed by atoms with Gasteiger partial charge in [-0.3, -0.25) is 4.79 Å². The standard InChI is InChI=1S/C12H22O2/c1-4-11(12(13)9(2)3)14-10-7-5-6-8-10/h9-11H,4-8H2,1-3H3/t11-/m1/s1. The molecule has 0 bridgehead atoms. The molecule has 2 nitrogen and oxygen atoms in total. The van der Waals surface area contributed by atoms with Crippen LogP contribution in [0.15, 0.2) is 0 Å². The normalized spacial score (nSPS) is 20.3. The molecule has 0 unspecified atom stereocenters. The van der Waals surface area contributed by atoms with Crippen LogP contribution in [-0.2, 0) is 9.53 Å². The maximum atomic E-state index is 11.7. The first-order chi connectivity index (χ1) is 6.65. The number of ketones is 1. The maximum Gasteiger partial charge on any atom is 0.164 e. The molecule has 0 saturated heterocycles. The van der Waals surface area contributed by atoms with E-state index in [-0.39, 0.29) is 17.8 Å². The van der Waals surface area contributed by atoms with Crippen molar-refractivity contribution in [1.29, 1.82) is 0 Å². The molecule has 0 spiro atoms. The van der Waals surface area contributed by atoms with Gasteiger partial charge in [-0.05, 0) is 19.3 Å². The Morgan fingerprint density at radius 1 is 1.36 bits per heavy atom. The van der Waals surface area contributed by atoms with Crippen molar-refractivity contribution in [2.24, 2.45) is 5.92 Å². The van der Waals surface area contributed by atoms with Gasteiger partial charge in [-0.2, -0.15) is 0 Å². The summed E-state index contributed by atoms with van der Waals surface area (Å²) in [6.07, 6.45) is 5.81. The summed E-state index contributed by atoms with van der Waals surface area (Å²) < 4.78 is 5.83. The van der Waals surface area contributed by atoms with Gasteiger partial charge >= 0.3 is 0 Å². The number of hydrogen-bond donors (Lipinski definition) is 0. The zero-order valence-corrected chi connectivity index (χ0v) is 9.58. The molecule has 82 valence electrons. The van der Waals surface area contributed by atoms with Crippen molar-refractivity contribution < 1.29 is 9.53 Å². The van der Waals surface area contributed by atoms with Gasteiger partial charge in [0.25, 0.3) is 0 Å². The Morgan fingerprint density at radius 2 is 1.93 bits per heavy atom. The van der Waals surface area contributed by atoms with Gasteiger partial charge in [-0.15, -0.1) is 0 Å². The zero-order valence-electron chi connectivity index (χ0n) is 9.58. The molecule has 0 amide bonds. The third kappa shape index (κ3) is 3.09. The van der Waals surface area contributed by atoms with Crippen molar-refractivity contribution in [2.45, 2.75) is 65.1 Å². The van der Waals surface area contributed by atoms with Crippen LogP contribution >= 0.6 is 0 Å². The summed E-state index contributed by atoms with van der Waals surface area (Å²) >= 11 is 0. The van der Waals surface area contributed by atoms with Crippen molar-refractivity contribution in [1.82, 2.24) is 0 Å².